The van der Waals surface area contributed by atoms with E-state index in [1.807, 2.05) is 0 Å². The van der Waals surface area contributed by atoms with E-state index < -0.39 is 0 Å². The summed E-state index contributed by atoms with van der Waals surface area (Å²) in [5.74, 6) is 2.31. The Labute approximate surface area is 106 Å². The first-order chi connectivity index (χ1) is 7.95. The molecule has 2 rings (SSSR count). The van der Waals surface area contributed by atoms with Crippen LogP contribution in [0.3, 0.4) is 0 Å². The third-order valence-corrected chi connectivity index (χ3v) is 5.47. The minimum atomic E-state index is 0.420. The van der Waals surface area contributed by atoms with Gasteiger partial charge in [0.1, 0.15) is 6.54 Å². The van der Waals surface area contributed by atoms with Gasteiger partial charge in [0.25, 0.3) is 0 Å². The van der Waals surface area contributed by atoms with Crippen LogP contribution in [0, 0.1) is 23.2 Å². The van der Waals surface area contributed by atoms with E-state index in [1.165, 1.54) is 19.3 Å². The van der Waals surface area contributed by atoms with Crippen molar-refractivity contribution < 1.29 is 4.99 Å². The summed E-state index contributed by atoms with van der Waals surface area (Å²) < 4.78 is 0. The first-order valence-corrected chi connectivity index (χ1v) is 7.21. The van der Waals surface area contributed by atoms with E-state index in [0.717, 1.165) is 18.4 Å². The Bertz CT molecular complexity index is 353. The fraction of sp³-hybridized carbons (Fsp3) is 0.812. The van der Waals surface area contributed by atoms with E-state index in [-0.39, 0.29) is 0 Å². The van der Waals surface area contributed by atoms with Crippen molar-refractivity contribution in [2.24, 2.45) is 23.2 Å². The molecule has 0 fully saturated rings. The fourth-order valence-electron chi connectivity index (χ4n) is 3.75. The van der Waals surface area contributed by atoms with Gasteiger partial charge >= 0.3 is 0 Å². The summed E-state index contributed by atoms with van der Waals surface area (Å²) >= 11 is 0. The van der Waals surface area contributed by atoms with E-state index in [2.05, 4.69) is 45.7 Å². The molecule has 1 nitrogen and oxygen atoms in total. The van der Waals surface area contributed by atoms with Gasteiger partial charge in [-0.15, -0.1) is 0 Å². The highest BCUT2D eigenvalue weighted by atomic mass is 14.8. The van der Waals surface area contributed by atoms with Crippen LogP contribution in [0.5, 0.6) is 0 Å². The van der Waals surface area contributed by atoms with Gasteiger partial charge in [-0.3, -0.25) is 0 Å². The smallest absolute Gasteiger partial charge is 0.154 e. The summed E-state index contributed by atoms with van der Waals surface area (Å²) in [4.78, 5) is 3.72. The molecule has 1 aliphatic carbocycles. The van der Waals surface area contributed by atoms with Crippen LogP contribution in [0.1, 0.15) is 53.9 Å². The molecule has 0 bridgehead atoms. The predicted molar refractivity (Wildman–Crippen MR) is 74.0 cm³/mol. The van der Waals surface area contributed by atoms with Gasteiger partial charge in [0.15, 0.2) is 5.71 Å². The molecule has 0 aromatic rings. The lowest BCUT2D eigenvalue weighted by Crippen LogP contribution is -2.76. The molecule has 1 heterocycles. The van der Waals surface area contributed by atoms with Gasteiger partial charge in [-0.05, 0) is 38.0 Å². The van der Waals surface area contributed by atoms with E-state index in [0.29, 0.717) is 11.3 Å². The Balaban J connectivity index is 2.35. The molecule has 4 atom stereocenters. The summed E-state index contributed by atoms with van der Waals surface area (Å²) in [6, 6.07) is 0. The van der Waals surface area contributed by atoms with Gasteiger partial charge < -0.3 is 0 Å². The van der Waals surface area contributed by atoms with Gasteiger partial charge in [0.05, 0.1) is 5.41 Å². The highest BCUT2D eigenvalue weighted by Crippen LogP contribution is 2.46. The van der Waals surface area contributed by atoms with Crippen molar-refractivity contribution in [3.05, 3.63) is 11.6 Å². The number of hydrogen-bond donors (Lipinski definition) is 1. The van der Waals surface area contributed by atoms with Crippen molar-refractivity contribution in [3.63, 3.8) is 0 Å². The van der Waals surface area contributed by atoms with Crippen LogP contribution in [0.25, 0.3) is 0 Å². The molecular formula is C16H28N+. The number of allylic oxidation sites excluding steroid dienone is 2. The van der Waals surface area contributed by atoms with Gasteiger partial charge in [-0.25, -0.2) is 4.99 Å². The third-order valence-electron chi connectivity index (χ3n) is 5.47. The molecule has 0 aromatic heterocycles. The standard InChI is InChI=1S/C16H27N/c1-11-6-7-16(14(4)8-11)9-12(2)13(3)10-17-15(16)5/h8,12-14H,6-7,9-10H2,1-5H3/p+1/t12-,13-,14+,16+/m0/s1. The second-order valence-corrected chi connectivity index (χ2v) is 6.62. The molecular weight excluding hydrogens is 206 g/mol. The van der Waals surface area contributed by atoms with E-state index in [9.17, 15) is 0 Å². The third kappa shape index (κ3) is 2.21. The maximum absolute atomic E-state index is 3.72. The van der Waals surface area contributed by atoms with Crippen LogP contribution < -0.4 is 4.99 Å². The lowest BCUT2D eigenvalue weighted by Gasteiger charge is -2.40. The second-order valence-electron chi connectivity index (χ2n) is 6.62. The molecule has 0 unspecified atom stereocenters. The van der Waals surface area contributed by atoms with Crippen molar-refractivity contribution in [2.45, 2.75) is 53.9 Å². The summed E-state index contributed by atoms with van der Waals surface area (Å²) in [6.07, 6.45) is 6.49. The van der Waals surface area contributed by atoms with Gasteiger partial charge in [0.2, 0.25) is 0 Å². The SMILES string of the molecule is CC1=C[C@@H](C)[C@@]2(CC1)C[C@H](C)[C@@H](C)C[NH+]=C2C. The van der Waals surface area contributed by atoms with Crippen molar-refractivity contribution >= 4 is 5.71 Å². The van der Waals surface area contributed by atoms with Crippen LogP contribution in [0.4, 0.5) is 0 Å². The highest BCUT2D eigenvalue weighted by Gasteiger charge is 2.46. The fourth-order valence-corrected chi connectivity index (χ4v) is 3.75. The van der Waals surface area contributed by atoms with Crippen LogP contribution >= 0.6 is 0 Å². The van der Waals surface area contributed by atoms with E-state index in [4.69, 9.17) is 0 Å². The maximum Gasteiger partial charge on any atom is 0.154 e. The zero-order chi connectivity index (χ0) is 12.6. The zero-order valence-electron chi connectivity index (χ0n) is 12.1. The Kier molecular flexibility index (Phi) is 3.47. The monoisotopic (exact) mass is 234 g/mol. The van der Waals surface area contributed by atoms with Gasteiger partial charge in [-0.2, -0.15) is 0 Å². The molecule has 96 valence electrons. The van der Waals surface area contributed by atoms with E-state index >= 15 is 0 Å². The van der Waals surface area contributed by atoms with Gasteiger partial charge in [0, 0.05) is 12.8 Å². The van der Waals surface area contributed by atoms with Crippen LogP contribution in [0.2, 0.25) is 0 Å². The summed E-state index contributed by atoms with van der Waals surface area (Å²) in [5, 5.41) is 0. The van der Waals surface area contributed by atoms with Crippen molar-refractivity contribution in [1.82, 2.24) is 0 Å². The Hall–Kier alpha value is -0.590. The first-order valence-electron chi connectivity index (χ1n) is 7.21. The molecule has 0 saturated heterocycles. The van der Waals surface area contributed by atoms with Crippen molar-refractivity contribution in [3.8, 4) is 0 Å². The largest absolute Gasteiger partial charge is 0.249 e. The normalized spacial score (nSPS) is 43.0. The lowest BCUT2D eigenvalue weighted by atomic mass is 9.61. The predicted octanol–water partition coefficient (Wildman–Crippen LogP) is 2.57. The molecule has 1 aliphatic heterocycles. The summed E-state index contributed by atoms with van der Waals surface area (Å²) in [7, 11) is 0. The first kappa shape index (κ1) is 12.9. The minimum Gasteiger partial charge on any atom is -0.249 e. The molecule has 1 spiro atoms. The number of hydrogen-bond acceptors (Lipinski definition) is 0. The number of rotatable bonds is 0. The molecule has 0 saturated carbocycles. The zero-order valence-corrected chi connectivity index (χ0v) is 12.1. The van der Waals surface area contributed by atoms with Gasteiger partial charge in [-0.1, -0.05) is 32.4 Å². The maximum atomic E-state index is 3.72. The topological polar surface area (TPSA) is 14.0 Å². The molecule has 0 aromatic carbocycles. The van der Waals surface area contributed by atoms with Crippen LogP contribution in [-0.2, 0) is 0 Å². The van der Waals surface area contributed by atoms with Crippen molar-refractivity contribution in [2.75, 3.05) is 6.54 Å². The molecule has 1 N–H and O–H groups in total. The Morgan fingerprint density at radius 3 is 2.53 bits per heavy atom. The van der Waals surface area contributed by atoms with Crippen molar-refractivity contribution in [1.29, 1.82) is 0 Å². The minimum absolute atomic E-state index is 0.420. The average molecular weight is 234 g/mol. The Morgan fingerprint density at radius 1 is 1.18 bits per heavy atom. The molecule has 0 amide bonds. The second kappa shape index (κ2) is 4.59. The van der Waals surface area contributed by atoms with Crippen LogP contribution in [-0.4, -0.2) is 12.3 Å². The Morgan fingerprint density at radius 2 is 1.88 bits per heavy atom. The number of nitrogens with one attached hydrogen (secondary N) is 1. The quantitative estimate of drug-likeness (QED) is 0.619. The highest BCUT2D eigenvalue weighted by molar-refractivity contribution is 5.83. The molecule has 0 radical (unpaired) electrons. The molecule has 17 heavy (non-hydrogen) atoms. The van der Waals surface area contributed by atoms with E-state index in [1.54, 1.807) is 11.3 Å². The average Bonchev–Trinajstić information content (AvgIpc) is 2.38. The van der Waals surface area contributed by atoms with Crippen LogP contribution in [0.15, 0.2) is 11.6 Å². The molecule has 2 aliphatic rings. The summed E-state index contributed by atoms with van der Waals surface area (Å²) in [6.45, 7) is 13.0. The summed E-state index contributed by atoms with van der Waals surface area (Å²) in [5.41, 5.74) is 3.55. The molecule has 1 heteroatoms. The lowest BCUT2D eigenvalue weighted by molar-refractivity contribution is -0.469.